The van der Waals surface area contributed by atoms with Crippen molar-refractivity contribution in [3.05, 3.63) is 0 Å². The normalized spacial score (nSPS) is 33.0. The van der Waals surface area contributed by atoms with Crippen LogP contribution in [0.15, 0.2) is 0 Å². The van der Waals surface area contributed by atoms with Crippen molar-refractivity contribution in [2.24, 2.45) is 5.92 Å². The second kappa shape index (κ2) is 4.34. The number of hydrogen-bond acceptors (Lipinski definition) is 3. The molecule has 0 radical (unpaired) electrons. The molecule has 2 fully saturated rings. The number of nitrogens with zero attached hydrogens (tertiary/aromatic N) is 2. The van der Waals surface area contributed by atoms with E-state index in [0.29, 0.717) is 12.5 Å². The van der Waals surface area contributed by atoms with Crippen LogP contribution < -0.4 is 0 Å². The van der Waals surface area contributed by atoms with E-state index < -0.39 is 15.3 Å². The minimum Gasteiger partial charge on any atom is -0.211 e. The summed E-state index contributed by atoms with van der Waals surface area (Å²) in [5.74, 6) is 0.536. The molecule has 90 valence electrons. The smallest absolute Gasteiger partial charge is 0.211 e. The Balaban J connectivity index is 2.23. The summed E-state index contributed by atoms with van der Waals surface area (Å²) in [6, 6.07) is 2.03. The number of fused-ring (bicyclic) bond motifs is 1. The molecule has 3 atom stereocenters. The molecule has 0 aromatic carbocycles. The zero-order valence-electron chi connectivity index (χ0n) is 9.59. The molecule has 2 aliphatic rings. The highest BCUT2D eigenvalue weighted by molar-refractivity contribution is 7.90. The van der Waals surface area contributed by atoms with Crippen LogP contribution in [-0.2, 0) is 10.0 Å². The molecule has 0 aromatic heterocycles. The maximum Gasteiger partial charge on any atom is 0.230 e. The van der Waals surface area contributed by atoms with Gasteiger partial charge in [-0.25, -0.2) is 8.42 Å². The molecule has 2 rings (SSSR count). The Morgan fingerprint density at radius 2 is 2.00 bits per heavy atom. The SMILES string of the molecule is CC(C#N)S(=O)(=O)N1CCCC2CCCC21. The highest BCUT2D eigenvalue weighted by Gasteiger charge is 2.42. The average molecular weight is 242 g/mol. The molecule has 0 N–H and O–H groups in total. The van der Waals surface area contributed by atoms with Crippen LogP contribution in [0.2, 0.25) is 0 Å². The van der Waals surface area contributed by atoms with E-state index in [9.17, 15) is 8.42 Å². The van der Waals surface area contributed by atoms with E-state index in [-0.39, 0.29) is 6.04 Å². The van der Waals surface area contributed by atoms with Crippen molar-refractivity contribution in [1.29, 1.82) is 5.26 Å². The molecule has 1 aliphatic heterocycles. The number of sulfonamides is 1. The van der Waals surface area contributed by atoms with E-state index in [4.69, 9.17) is 5.26 Å². The molecule has 3 unspecified atom stereocenters. The lowest BCUT2D eigenvalue weighted by Crippen LogP contribution is -2.48. The topological polar surface area (TPSA) is 61.2 Å². The first kappa shape index (κ1) is 11.9. The standard InChI is InChI=1S/C11H18N2O2S/c1-9(8-12)16(14,15)13-7-3-5-10-4-2-6-11(10)13/h9-11H,2-7H2,1H3. The van der Waals surface area contributed by atoms with Gasteiger partial charge in [0.1, 0.15) is 0 Å². The van der Waals surface area contributed by atoms with Gasteiger partial charge in [-0.05, 0) is 38.5 Å². The summed E-state index contributed by atoms with van der Waals surface area (Å²) in [6.07, 6.45) is 5.35. The van der Waals surface area contributed by atoms with Crippen LogP contribution in [0.5, 0.6) is 0 Å². The monoisotopic (exact) mass is 242 g/mol. The molecule has 1 heterocycles. The molecule has 0 spiro atoms. The molecular weight excluding hydrogens is 224 g/mol. The first-order valence-electron chi connectivity index (χ1n) is 5.97. The van der Waals surface area contributed by atoms with Gasteiger partial charge in [-0.1, -0.05) is 6.42 Å². The second-order valence-electron chi connectivity index (χ2n) is 4.83. The van der Waals surface area contributed by atoms with E-state index in [1.165, 1.54) is 6.92 Å². The lowest BCUT2D eigenvalue weighted by atomic mass is 9.94. The van der Waals surface area contributed by atoms with Crippen LogP contribution in [0.3, 0.4) is 0 Å². The summed E-state index contributed by atoms with van der Waals surface area (Å²) < 4.78 is 25.9. The van der Waals surface area contributed by atoms with Gasteiger partial charge in [0, 0.05) is 12.6 Å². The fourth-order valence-corrected chi connectivity index (χ4v) is 4.57. The molecule has 1 saturated carbocycles. The third kappa shape index (κ3) is 1.85. The Labute approximate surface area is 97.3 Å². The zero-order chi connectivity index (χ0) is 11.8. The van der Waals surface area contributed by atoms with Crippen LogP contribution in [-0.4, -0.2) is 30.6 Å². The number of piperidine rings is 1. The summed E-state index contributed by atoms with van der Waals surface area (Å²) in [6.45, 7) is 2.09. The lowest BCUT2D eigenvalue weighted by Gasteiger charge is -2.37. The van der Waals surface area contributed by atoms with Crippen molar-refractivity contribution < 1.29 is 8.42 Å². The van der Waals surface area contributed by atoms with Gasteiger partial charge in [0.2, 0.25) is 10.0 Å². The maximum absolute atomic E-state index is 12.2. The van der Waals surface area contributed by atoms with Gasteiger partial charge in [0.25, 0.3) is 0 Å². The Kier molecular flexibility index (Phi) is 3.22. The molecule has 4 nitrogen and oxygen atoms in total. The third-order valence-electron chi connectivity index (χ3n) is 3.90. The highest BCUT2D eigenvalue weighted by Crippen LogP contribution is 2.38. The highest BCUT2D eigenvalue weighted by atomic mass is 32.2. The largest absolute Gasteiger partial charge is 0.230 e. The maximum atomic E-state index is 12.2. The van der Waals surface area contributed by atoms with Crippen molar-refractivity contribution in [3.63, 3.8) is 0 Å². The predicted molar refractivity (Wildman–Crippen MR) is 61.1 cm³/mol. The Hall–Kier alpha value is -0.600. The lowest BCUT2D eigenvalue weighted by molar-refractivity contribution is 0.201. The summed E-state index contributed by atoms with van der Waals surface area (Å²) in [4.78, 5) is 0. The zero-order valence-corrected chi connectivity index (χ0v) is 10.4. The Morgan fingerprint density at radius 3 is 2.69 bits per heavy atom. The quantitative estimate of drug-likeness (QED) is 0.737. The van der Waals surface area contributed by atoms with E-state index in [1.54, 1.807) is 4.31 Å². The van der Waals surface area contributed by atoms with Crippen molar-refractivity contribution in [2.45, 2.75) is 50.3 Å². The summed E-state index contributed by atoms with van der Waals surface area (Å²) >= 11 is 0. The third-order valence-corrected chi connectivity index (χ3v) is 6.00. The van der Waals surface area contributed by atoms with Crippen molar-refractivity contribution in [1.82, 2.24) is 4.31 Å². The minimum absolute atomic E-state index is 0.176. The molecule has 5 heteroatoms. The molecule has 0 amide bonds. The second-order valence-corrected chi connectivity index (χ2v) is 7.03. The van der Waals surface area contributed by atoms with Gasteiger partial charge >= 0.3 is 0 Å². The fraction of sp³-hybridized carbons (Fsp3) is 0.909. The summed E-state index contributed by atoms with van der Waals surface area (Å²) in [7, 11) is -3.39. The summed E-state index contributed by atoms with van der Waals surface area (Å²) in [5.41, 5.74) is 0. The number of rotatable bonds is 2. The first-order chi connectivity index (χ1) is 7.57. The van der Waals surface area contributed by atoms with Gasteiger partial charge < -0.3 is 0 Å². The van der Waals surface area contributed by atoms with Crippen LogP contribution in [0.25, 0.3) is 0 Å². The predicted octanol–water partition coefficient (Wildman–Crippen LogP) is 1.49. The fourth-order valence-electron chi connectivity index (χ4n) is 2.99. The molecular formula is C11H18N2O2S. The number of nitriles is 1. The Bertz CT molecular complexity index is 399. The molecule has 1 aliphatic carbocycles. The molecule has 1 saturated heterocycles. The summed E-state index contributed by atoms with van der Waals surface area (Å²) in [5, 5.41) is 7.88. The van der Waals surface area contributed by atoms with E-state index in [2.05, 4.69) is 0 Å². The van der Waals surface area contributed by atoms with E-state index >= 15 is 0 Å². The number of hydrogen-bond donors (Lipinski definition) is 0. The van der Waals surface area contributed by atoms with Gasteiger partial charge in [0.15, 0.2) is 5.25 Å². The van der Waals surface area contributed by atoms with E-state index in [1.807, 2.05) is 6.07 Å². The molecule has 0 bridgehead atoms. The van der Waals surface area contributed by atoms with Gasteiger partial charge in [-0.15, -0.1) is 0 Å². The van der Waals surface area contributed by atoms with E-state index in [0.717, 1.165) is 32.1 Å². The van der Waals surface area contributed by atoms with Crippen LogP contribution in [0.4, 0.5) is 0 Å². The van der Waals surface area contributed by atoms with Gasteiger partial charge in [0.05, 0.1) is 6.07 Å². The average Bonchev–Trinajstić information content (AvgIpc) is 2.75. The van der Waals surface area contributed by atoms with Gasteiger partial charge in [-0.2, -0.15) is 9.57 Å². The molecule has 16 heavy (non-hydrogen) atoms. The van der Waals surface area contributed by atoms with Crippen molar-refractivity contribution >= 4 is 10.0 Å². The first-order valence-corrected chi connectivity index (χ1v) is 7.48. The van der Waals surface area contributed by atoms with Gasteiger partial charge in [-0.3, -0.25) is 0 Å². The molecule has 0 aromatic rings. The van der Waals surface area contributed by atoms with Crippen LogP contribution >= 0.6 is 0 Å². The minimum atomic E-state index is -3.39. The van der Waals surface area contributed by atoms with Crippen molar-refractivity contribution in [2.75, 3.05) is 6.54 Å². The van der Waals surface area contributed by atoms with Crippen molar-refractivity contribution in [3.8, 4) is 6.07 Å². The Morgan fingerprint density at radius 1 is 1.31 bits per heavy atom. The van der Waals surface area contributed by atoms with Crippen LogP contribution in [0.1, 0.15) is 39.0 Å². The van der Waals surface area contributed by atoms with Crippen LogP contribution in [0, 0.1) is 17.2 Å².